The van der Waals surface area contributed by atoms with Gasteiger partial charge in [0.05, 0.1) is 25.2 Å². The van der Waals surface area contributed by atoms with Crippen LogP contribution >= 0.6 is 0 Å². The summed E-state index contributed by atoms with van der Waals surface area (Å²) >= 11 is 0. The molecule has 1 fully saturated rings. The fourth-order valence-electron chi connectivity index (χ4n) is 2.96. The summed E-state index contributed by atoms with van der Waals surface area (Å²) in [4.78, 5) is 14.7. The van der Waals surface area contributed by atoms with Crippen molar-refractivity contribution in [2.75, 3.05) is 39.4 Å². The number of hydrogen-bond acceptors (Lipinski definition) is 4. The summed E-state index contributed by atoms with van der Waals surface area (Å²) in [5.41, 5.74) is 0.599. The summed E-state index contributed by atoms with van der Waals surface area (Å²) in [6.45, 7) is 7.84. The molecule has 1 saturated heterocycles. The van der Waals surface area contributed by atoms with Gasteiger partial charge in [0.25, 0.3) is 0 Å². The lowest BCUT2D eigenvalue weighted by molar-refractivity contribution is -0.124. The molecule has 1 aromatic carbocycles. The molecule has 6 heteroatoms. The number of hydrogen-bond donors (Lipinski definition) is 2. The van der Waals surface area contributed by atoms with Gasteiger partial charge in [-0.1, -0.05) is 26.0 Å². The van der Waals surface area contributed by atoms with Crippen LogP contribution in [-0.2, 0) is 9.53 Å². The van der Waals surface area contributed by atoms with Crippen LogP contribution in [0, 0.1) is 11.7 Å². The van der Waals surface area contributed by atoms with Gasteiger partial charge in [0, 0.05) is 26.2 Å². The molecule has 0 spiro atoms. The molecule has 134 valence electrons. The first kappa shape index (κ1) is 18.8. The zero-order chi connectivity index (χ0) is 17.5. The first-order chi connectivity index (χ1) is 11.5. The molecule has 1 amide bonds. The maximum atomic E-state index is 13.0. The minimum atomic E-state index is -0.694. The van der Waals surface area contributed by atoms with E-state index in [0.29, 0.717) is 24.6 Å². The van der Waals surface area contributed by atoms with Crippen LogP contribution in [0.4, 0.5) is 4.39 Å². The second-order valence-electron chi connectivity index (χ2n) is 6.68. The highest BCUT2D eigenvalue weighted by atomic mass is 19.1. The van der Waals surface area contributed by atoms with Gasteiger partial charge in [0.15, 0.2) is 0 Å². The van der Waals surface area contributed by atoms with E-state index in [1.807, 2.05) is 0 Å². The second kappa shape index (κ2) is 9.11. The Balaban J connectivity index is 1.85. The Morgan fingerprint density at radius 1 is 1.42 bits per heavy atom. The first-order valence-electron chi connectivity index (χ1n) is 8.47. The quantitative estimate of drug-likeness (QED) is 0.788. The molecule has 1 aliphatic heterocycles. The van der Waals surface area contributed by atoms with Crippen molar-refractivity contribution in [3.63, 3.8) is 0 Å². The largest absolute Gasteiger partial charge is 0.395 e. The van der Waals surface area contributed by atoms with E-state index in [9.17, 15) is 14.3 Å². The first-order valence-corrected chi connectivity index (χ1v) is 8.47. The lowest BCUT2D eigenvalue weighted by Gasteiger charge is -2.34. The highest BCUT2D eigenvalue weighted by Crippen LogP contribution is 2.16. The average molecular weight is 338 g/mol. The van der Waals surface area contributed by atoms with Crippen LogP contribution in [-0.4, -0.2) is 61.4 Å². The molecule has 5 nitrogen and oxygen atoms in total. The van der Waals surface area contributed by atoms with E-state index in [0.717, 1.165) is 19.6 Å². The number of carbonyl (C=O) groups excluding carboxylic acids is 1. The molecule has 24 heavy (non-hydrogen) atoms. The molecular weight excluding hydrogens is 311 g/mol. The van der Waals surface area contributed by atoms with Gasteiger partial charge in [-0.2, -0.15) is 0 Å². The predicted octanol–water partition coefficient (Wildman–Crippen LogP) is 1.37. The van der Waals surface area contributed by atoms with Crippen LogP contribution < -0.4 is 5.32 Å². The van der Waals surface area contributed by atoms with Crippen LogP contribution in [0.2, 0.25) is 0 Å². The fourth-order valence-corrected chi connectivity index (χ4v) is 2.96. The van der Waals surface area contributed by atoms with E-state index in [4.69, 9.17) is 4.74 Å². The number of morpholine rings is 1. The zero-order valence-electron chi connectivity index (χ0n) is 14.4. The molecule has 2 unspecified atom stereocenters. The molecular formula is C18H27FN2O3. The van der Waals surface area contributed by atoms with E-state index in [-0.39, 0.29) is 24.4 Å². The molecule has 0 saturated carbocycles. The number of halogens is 1. The number of ether oxygens (including phenoxy) is 1. The lowest BCUT2D eigenvalue weighted by atomic mass is 9.99. The highest BCUT2D eigenvalue weighted by Gasteiger charge is 2.24. The Kier molecular flexibility index (Phi) is 7.15. The molecule has 1 aromatic rings. The molecule has 2 N–H and O–H groups in total. The second-order valence-corrected chi connectivity index (χ2v) is 6.68. The molecule has 2 rings (SSSR count). The number of nitrogens with zero attached hydrogens (tertiary/aromatic N) is 1. The van der Waals surface area contributed by atoms with Gasteiger partial charge in [-0.25, -0.2) is 4.39 Å². The minimum absolute atomic E-state index is 0.0472. The Morgan fingerprint density at radius 2 is 2.12 bits per heavy atom. The Labute approximate surface area is 142 Å². The molecule has 0 aliphatic carbocycles. The number of aliphatic hydroxyl groups is 1. The Morgan fingerprint density at radius 3 is 2.75 bits per heavy atom. The number of aliphatic hydroxyl groups excluding tert-OH is 1. The van der Waals surface area contributed by atoms with Crippen molar-refractivity contribution in [3.05, 3.63) is 35.6 Å². The van der Waals surface area contributed by atoms with Crippen molar-refractivity contribution in [2.45, 2.75) is 25.9 Å². The third kappa shape index (κ3) is 5.54. The maximum absolute atomic E-state index is 13.0. The van der Waals surface area contributed by atoms with E-state index < -0.39 is 5.92 Å². The molecule has 0 aromatic heterocycles. The molecule has 1 heterocycles. The van der Waals surface area contributed by atoms with Gasteiger partial charge in [0.1, 0.15) is 5.82 Å². The minimum Gasteiger partial charge on any atom is -0.395 e. The van der Waals surface area contributed by atoms with Gasteiger partial charge in [-0.15, -0.1) is 0 Å². The van der Waals surface area contributed by atoms with Gasteiger partial charge in [-0.05, 0) is 23.6 Å². The topological polar surface area (TPSA) is 61.8 Å². The normalized spacial score (nSPS) is 20.1. The molecule has 2 atom stereocenters. The third-order valence-electron chi connectivity index (χ3n) is 4.12. The number of amides is 1. The summed E-state index contributed by atoms with van der Waals surface area (Å²) in [6, 6.07) is 5.63. The van der Waals surface area contributed by atoms with Crippen LogP contribution in [0.3, 0.4) is 0 Å². The summed E-state index contributed by atoms with van der Waals surface area (Å²) in [5.74, 6) is -0.734. The third-order valence-corrected chi connectivity index (χ3v) is 4.12. The Bertz CT molecular complexity index is 522. The van der Waals surface area contributed by atoms with Crippen molar-refractivity contribution < 1.29 is 19.0 Å². The van der Waals surface area contributed by atoms with Crippen molar-refractivity contribution in [1.29, 1.82) is 0 Å². The average Bonchev–Trinajstić information content (AvgIpc) is 2.55. The van der Waals surface area contributed by atoms with E-state index in [1.54, 1.807) is 0 Å². The van der Waals surface area contributed by atoms with Gasteiger partial charge in [0.2, 0.25) is 5.91 Å². The maximum Gasteiger partial charge on any atom is 0.229 e. The van der Waals surface area contributed by atoms with Gasteiger partial charge >= 0.3 is 0 Å². The monoisotopic (exact) mass is 338 g/mol. The number of carbonyl (C=O) groups is 1. The van der Waals surface area contributed by atoms with Crippen LogP contribution in [0.25, 0.3) is 0 Å². The smallest absolute Gasteiger partial charge is 0.229 e. The Hall–Kier alpha value is -1.50. The van der Waals surface area contributed by atoms with Crippen molar-refractivity contribution in [1.82, 2.24) is 10.2 Å². The van der Waals surface area contributed by atoms with Crippen molar-refractivity contribution >= 4 is 5.91 Å². The number of rotatable bonds is 7. The standard InChI is InChI=1S/C18H27FN2O3/c1-13(2)10-21-7-8-24-16(11-21)9-20-18(23)17(12-22)14-3-5-15(19)6-4-14/h3-6,13,16-17,22H,7-12H2,1-2H3,(H,20,23). The number of nitrogens with one attached hydrogen (secondary N) is 1. The van der Waals surface area contributed by atoms with Crippen molar-refractivity contribution in [3.8, 4) is 0 Å². The van der Waals surface area contributed by atoms with Gasteiger partial charge < -0.3 is 15.2 Å². The van der Waals surface area contributed by atoms with E-state index in [2.05, 4.69) is 24.1 Å². The summed E-state index contributed by atoms with van der Waals surface area (Å²) in [6.07, 6.45) is -0.0472. The van der Waals surface area contributed by atoms with Crippen LogP contribution in [0.1, 0.15) is 25.3 Å². The van der Waals surface area contributed by atoms with Crippen molar-refractivity contribution in [2.24, 2.45) is 5.92 Å². The highest BCUT2D eigenvalue weighted by molar-refractivity contribution is 5.83. The molecule has 0 bridgehead atoms. The van der Waals surface area contributed by atoms with E-state index >= 15 is 0 Å². The summed E-state index contributed by atoms with van der Waals surface area (Å²) in [5, 5.41) is 12.3. The van der Waals surface area contributed by atoms with E-state index in [1.165, 1.54) is 24.3 Å². The predicted molar refractivity (Wildman–Crippen MR) is 90.3 cm³/mol. The SMILES string of the molecule is CC(C)CN1CCOC(CNC(=O)C(CO)c2ccc(F)cc2)C1. The number of benzene rings is 1. The van der Waals surface area contributed by atoms with Crippen LogP contribution in [0.15, 0.2) is 24.3 Å². The van der Waals surface area contributed by atoms with Crippen LogP contribution in [0.5, 0.6) is 0 Å². The summed E-state index contributed by atoms with van der Waals surface area (Å²) < 4.78 is 18.7. The zero-order valence-corrected chi connectivity index (χ0v) is 14.4. The molecule has 0 radical (unpaired) electrons. The summed E-state index contributed by atoms with van der Waals surface area (Å²) in [7, 11) is 0. The van der Waals surface area contributed by atoms with Gasteiger partial charge in [-0.3, -0.25) is 9.69 Å². The fraction of sp³-hybridized carbons (Fsp3) is 0.611. The molecule has 1 aliphatic rings. The lowest BCUT2D eigenvalue weighted by Crippen LogP contribution is -2.49.